The number of hydrogen-bond acceptors (Lipinski definition) is 3. The van der Waals surface area contributed by atoms with E-state index in [1.54, 1.807) is 0 Å². The minimum absolute atomic E-state index is 0.0257. The predicted molar refractivity (Wildman–Crippen MR) is 126 cm³/mol. The third-order valence-corrected chi connectivity index (χ3v) is 8.76. The summed E-state index contributed by atoms with van der Waals surface area (Å²) < 4.78 is 13.2. The normalized spacial score (nSPS) is 14.6. The molecule has 2 nitrogen and oxygen atoms in total. The van der Waals surface area contributed by atoms with Crippen molar-refractivity contribution >= 4 is 26.4 Å². The summed E-state index contributed by atoms with van der Waals surface area (Å²) in [6, 6.07) is 15.7. The Hall–Kier alpha value is -1.23. The summed E-state index contributed by atoms with van der Waals surface area (Å²) in [6.45, 7) is 18.3. The first-order valence-electron chi connectivity index (χ1n) is 10.2. The van der Waals surface area contributed by atoms with Crippen molar-refractivity contribution in [1.82, 2.24) is 0 Å². The van der Waals surface area contributed by atoms with E-state index >= 15 is 0 Å². The Balaban J connectivity index is 2.61. The molecule has 0 saturated carbocycles. The van der Waals surface area contributed by atoms with Gasteiger partial charge < -0.3 is 8.85 Å². The van der Waals surface area contributed by atoms with Gasteiger partial charge in [-0.05, 0) is 47.1 Å². The zero-order valence-corrected chi connectivity index (χ0v) is 20.6. The fourth-order valence-electron chi connectivity index (χ4n) is 3.38. The van der Waals surface area contributed by atoms with Crippen molar-refractivity contribution in [2.75, 3.05) is 6.61 Å². The molecule has 2 aromatic rings. The highest BCUT2D eigenvalue weighted by Crippen LogP contribution is 2.37. The molecule has 0 amide bonds. The second-order valence-electron chi connectivity index (χ2n) is 9.40. The van der Waals surface area contributed by atoms with Gasteiger partial charge >= 0.3 is 8.56 Å². The van der Waals surface area contributed by atoms with Crippen LogP contribution in [-0.4, -0.2) is 15.2 Å². The maximum atomic E-state index is 6.84. The van der Waals surface area contributed by atoms with E-state index in [2.05, 4.69) is 91.4 Å². The molecule has 0 spiro atoms. The molecule has 2 rings (SSSR count). The largest absolute Gasteiger partial charge is 0.517 e. The highest BCUT2D eigenvalue weighted by molar-refractivity contribution is 7.80. The summed E-state index contributed by atoms with van der Waals surface area (Å²) in [7, 11) is -2.64. The average molecular weight is 417 g/mol. The van der Waals surface area contributed by atoms with E-state index in [9.17, 15) is 0 Å². The van der Waals surface area contributed by atoms with Gasteiger partial charge in [-0.25, -0.2) is 0 Å². The van der Waals surface area contributed by atoms with Gasteiger partial charge in [-0.2, -0.15) is 0 Å². The zero-order valence-electron chi connectivity index (χ0n) is 18.7. The lowest BCUT2D eigenvalue weighted by atomic mass is 9.80. The number of hydrogen-bond donors (Lipinski definition) is 1. The molecule has 0 heterocycles. The van der Waals surface area contributed by atoms with E-state index in [0.717, 1.165) is 21.9 Å². The second kappa shape index (κ2) is 8.64. The molecule has 0 radical (unpaired) electrons. The smallest absolute Gasteiger partial charge is 0.433 e. The number of rotatable bonds is 6. The molecule has 0 N–H and O–H groups in total. The van der Waals surface area contributed by atoms with Gasteiger partial charge in [-0.3, -0.25) is 0 Å². The molecule has 1 unspecified atom stereocenters. The van der Waals surface area contributed by atoms with Gasteiger partial charge in [0.15, 0.2) is 0 Å². The van der Waals surface area contributed by atoms with Gasteiger partial charge in [0.05, 0.1) is 0 Å². The Bertz CT molecular complexity index is 805. The van der Waals surface area contributed by atoms with E-state index in [-0.39, 0.29) is 10.8 Å². The Morgan fingerprint density at radius 1 is 0.893 bits per heavy atom. The quantitative estimate of drug-likeness (QED) is 0.436. The van der Waals surface area contributed by atoms with Gasteiger partial charge in [0.25, 0.3) is 0 Å². The van der Waals surface area contributed by atoms with Gasteiger partial charge in [-0.15, -0.1) is 12.6 Å². The van der Waals surface area contributed by atoms with E-state index in [1.165, 1.54) is 11.1 Å². The lowest BCUT2D eigenvalue weighted by Crippen LogP contribution is -2.56. The van der Waals surface area contributed by atoms with E-state index in [4.69, 9.17) is 8.85 Å². The number of thiol groups is 1. The summed E-state index contributed by atoms with van der Waals surface area (Å²) in [4.78, 5) is 0.935. The monoisotopic (exact) mass is 416 g/mol. The van der Waals surface area contributed by atoms with Gasteiger partial charge in [0.1, 0.15) is 5.75 Å². The molecule has 2 aromatic carbocycles. The highest BCUT2D eigenvalue weighted by Gasteiger charge is 2.41. The molecule has 4 heteroatoms. The molecule has 0 saturated heterocycles. The van der Waals surface area contributed by atoms with Gasteiger partial charge in [-0.1, -0.05) is 72.7 Å². The standard InChI is InChI=1S/C24H36O2SSi/c1-9-25-28(10-2,20-13-11-12-19(27)17-20)26-22-15-14-18(23(3,4)5)16-21(22)24(6,7)8/h11-17,27H,9-10H2,1-8H3. The summed E-state index contributed by atoms with van der Waals surface area (Å²) in [5, 5.41) is 1.13. The van der Waals surface area contributed by atoms with Crippen molar-refractivity contribution in [3.8, 4) is 5.75 Å². The molecule has 154 valence electrons. The Labute approximate surface area is 178 Å². The van der Waals surface area contributed by atoms with Crippen molar-refractivity contribution in [3.63, 3.8) is 0 Å². The average Bonchev–Trinajstić information content (AvgIpc) is 2.59. The zero-order chi connectivity index (χ0) is 21.2. The van der Waals surface area contributed by atoms with Crippen LogP contribution in [0.25, 0.3) is 0 Å². The summed E-state index contributed by atoms with van der Waals surface area (Å²) in [5.41, 5.74) is 2.62. The van der Waals surface area contributed by atoms with E-state index < -0.39 is 8.56 Å². The van der Waals surface area contributed by atoms with E-state index in [1.807, 2.05) is 19.1 Å². The van der Waals surface area contributed by atoms with Crippen LogP contribution in [0.5, 0.6) is 5.75 Å². The van der Waals surface area contributed by atoms with Crippen LogP contribution < -0.4 is 9.61 Å². The van der Waals surface area contributed by atoms with E-state index in [0.29, 0.717) is 6.61 Å². The van der Waals surface area contributed by atoms with Gasteiger partial charge in [0.2, 0.25) is 0 Å². The van der Waals surface area contributed by atoms with Crippen molar-refractivity contribution in [1.29, 1.82) is 0 Å². The first kappa shape index (κ1) is 23.0. The Morgan fingerprint density at radius 3 is 2.07 bits per heavy atom. The van der Waals surface area contributed by atoms with Crippen LogP contribution in [0.2, 0.25) is 6.04 Å². The van der Waals surface area contributed by atoms with Crippen molar-refractivity contribution in [2.24, 2.45) is 0 Å². The van der Waals surface area contributed by atoms with Crippen molar-refractivity contribution < 1.29 is 8.85 Å². The minimum Gasteiger partial charge on any atom is -0.517 e. The van der Waals surface area contributed by atoms with Crippen molar-refractivity contribution in [3.05, 3.63) is 53.6 Å². The topological polar surface area (TPSA) is 18.5 Å². The SMILES string of the molecule is CCO[Si](CC)(Oc1ccc(C(C)(C)C)cc1C(C)(C)C)c1cccc(S)c1. The summed E-state index contributed by atoms with van der Waals surface area (Å²) in [5.74, 6) is 0.937. The Kier molecular flexibility index (Phi) is 7.11. The molecule has 0 aromatic heterocycles. The molecule has 0 aliphatic carbocycles. The van der Waals surface area contributed by atoms with Crippen LogP contribution in [0.15, 0.2) is 47.4 Å². The molecule has 28 heavy (non-hydrogen) atoms. The van der Waals surface area contributed by atoms with Crippen LogP contribution in [0.4, 0.5) is 0 Å². The maximum Gasteiger partial charge on any atom is 0.433 e. The fraction of sp³-hybridized carbons (Fsp3) is 0.500. The molecular weight excluding hydrogens is 380 g/mol. The summed E-state index contributed by atoms with van der Waals surface area (Å²) >= 11 is 4.54. The molecule has 0 bridgehead atoms. The Morgan fingerprint density at radius 2 is 1.57 bits per heavy atom. The first-order valence-corrected chi connectivity index (χ1v) is 12.7. The third-order valence-electron chi connectivity index (χ3n) is 5.06. The third kappa shape index (κ3) is 5.22. The first-order chi connectivity index (χ1) is 12.9. The number of benzene rings is 2. The van der Waals surface area contributed by atoms with Crippen LogP contribution in [0.3, 0.4) is 0 Å². The molecular formula is C24H36O2SSi. The lowest BCUT2D eigenvalue weighted by Gasteiger charge is -2.34. The molecule has 1 atom stereocenters. The van der Waals surface area contributed by atoms with Gasteiger partial charge in [0, 0.05) is 22.7 Å². The molecule has 0 aliphatic rings. The van der Waals surface area contributed by atoms with Crippen LogP contribution in [0, 0.1) is 0 Å². The second-order valence-corrected chi connectivity index (χ2v) is 13.2. The predicted octanol–water partition coefficient (Wildman–Crippen LogP) is 6.35. The van der Waals surface area contributed by atoms with Crippen LogP contribution in [0.1, 0.15) is 66.5 Å². The molecule has 0 fully saturated rings. The van der Waals surface area contributed by atoms with Crippen molar-refractivity contribution in [2.45, 2.75) is 77.2 Å². The van der Waals surface area contributed by atoms with Crippen LogP contribution >= 0.6 is 12.6 Å². The fourth-order valence-corrected chi connectivity index (χ4v) is 6.55. The lowest BCUT2D eigenvalue weighted by molar-refractivity contribution is 0.263. The summed E-state index contributed by atoms with van der Waals surface area (Å²) in [6.07, 6.45) is 0. The maximum absolute atomic E-state index is 6.84. The van der Waals surface area contributed by atoms with Crippen LogP contribution in [-0.2, 0) is 15.3 Å². The minimum atomic E-state index is -2.64. The highest BCUT2D eigenvalue weighted by atomic mass is 32.1. The molecule has 0 aliphatic heterocycles.